The third-order valence-corrected chi connectivity index (χ3v) is 3.14. The fourth-order valence-electron chi connectivity index (χ4n) is 2.03. The summed E-state index contributed by atoms with van der Waals surface area (Å²) in [6.07, 6.45) is 4.76. The molecular weight excluding hydrogens is 220 g/mol. The molecule has 1 N–H and O–H groups in total. The molecular formula is C12H20N2O3. The van der Waals surface area contributed by atoms with Crippen molar-refractivity contribution in [1.82, 2.24) is 9.55 Å². The van der Waals surface area contributed by atoms with Gasteiger partial charge in [-0.1, -0.05) is 6.92 Å². The molecule has 2 atom stereocenters. The summed E-state index contributed by atoms with van der Waals surface area (Å²) in [4.78, 5) is 15.6. The molecule has 1 rings (SSSR count). The van der Waals surface area contributed by atoms with Crippen molar-refractivity contribution in [2.24, 2.45) is 18.9 Å². The van der Waals surface area contributed by atoms with Crippen LogP contribution in [0.3, 0.4) is 0 Å². The Kier molecular flexibility index (Phi) is 5.15. The zero-order chi connectivity index (χ0) is 12.8. The summed E-state index contributed by atoms with van der Waals surface area (Å²) in [6.45, 7) is 1.90. The highest BCUT2D eigenvalue weighted by atomic mass is 16.5. The smallest absolute Gasteiger partial charge is 0.309 e. The second-order valence-corrected chi connectivity index (χ2v) is 4.18. The van der Waals surface area contributed by atoms with Gasteiger partial charge < -0.3 is 14.4 Å². The molecule has 0 aliphatic rings. The lowest BCUT2D eigenvalue weighted by Crippen LogP contribution is -2.29. The van der Waals surface area contributed by atoms with Gasteiger partial charge >= 0.3 is 5.97 Å². The number of aliphatic hydroxyl groups is 1. The molecule has 0 radical (unpaired) electrons. The predicted octanol–water partition coefficient (Wildman–Crippen LogP) is 0.770. The van der Waals surface area contributed by atoms with E-state index in [1.165, 1.54) is 7.11 Å². The maximum atomic E-state index is 11.6. The second kappa shape index (κ2) is 6.39. The molecule has 0 aliphatic heterocycles. The van der Waals surface area contributed by atoms with E-state index in [4.69, 9.17) is 4.74 Å². The molecule has 0 aliphatic carbocycles. The van der Waals surface area contributed by atoms with Crippen molar-refractivity contribution < 1.29 is 14.6 Å². The summed E-state index contributed by atoms with van der Waals surface area (Å²) < 4.78 is 6.66. The van der Waals surface area contributed by atoms with E-state index in [-0.39, 0.29) is 24.4 Å². The van der Waals surface area contributed by atoms with Crippen molar-refractivity contribution >= 4 is 5.97 Å². The van der Waals surface area contributed by atoms with Gasteiger partial charge in [0, 0.05) is 31.5 Å². The van der Waals surface area contributed by atoms with Crippen molar-refractivity contribution in [3.63, 3.8) is 0 Å². The summed E-state index contributed by atoms with van der Waals surface area (Å²) in [5.41, 5.74) is 1.01. The third kappa shape index (κ3) is 3.30. The Labute approximate surface area is 101 Å². The zero-order valence-corrected chi connectivity index (χ0v) is 10.6. The van der Waals surface area contributed by atoms with Gasteiger partial charge in [0.05, 0.1) is 19.4 Å². The highest BCUT2D eigenvalue weighted by molar-refractivity contribution is 5.72. The van der Waals surface area contributed by atoms with Gasteiger partial charge in [0.2, 0.25) is 0 Å². The number of nitrogens with zero attached hydrogens (tertiary/aromatic N) is 2. The van der Waals surface area contributed by atoms with Crippen LogP contribution in [0.4, 0.5) is 0 Å². The van der Waals surface area contributed by atoms with Crippen LogP contribution in [-0.2, 0) is 23.0 Å². The number of ether oxygens (including phenoxy) is 1. The number of esters is 1. The molecule has 0 fully saturated rings. The van der Waals surface area contributed by atoms with E-state index in [2.05, 4.69) is 4.98 Å². The molecule has 17 heavy (non-hydrogen) atoms. The van der Waals surface area contributed by atoms with E-state index < -0.39 is 0 Å². The van der Waals surface area contributed by atoms with Crippen molar-refractivity contribution in [2.75, 3.05) is 13.7 Å². The molecule has 96 valence electrons. The maximum absolute atomic E-state index is 11.6. The molecule has 5 heteroatoms. The molecule has 1 aromatic heterocycles. The highest BCUT2D eigenvalue weighted by Crippen LogP contribution is 2.21. The Hall–Kier alpha value is -1.36. The van der Waals surface area contributed by atoms with Gasteiger partial charge in [-0.15, -0.1) is 0 Å². The van der Waals surface area contributed by atoms with E-state index in [0.717, 1.165) is 5.69 Å². The Balaban J connectivity index is 2.76. The minimum absolute atomic E-state index is 0.0290. The van der Waals surface area contributed by atoms with Crippen LogP contribution in [0.15, 0.2) is 12.5 Å². The maximum Gasteiger partial charge on any atom is 0.309 e. The number of carbonyl (C=O) groups excluding carboxylic acids is 1. The SMILES string of the molecule is CC[C@H](C(=O)OC)[C@H](CO)Cc1cncn1C. The quantitative estimate of drug-likeness (QED) is 0.746. The fraction of sp³-hybridized carbons (Fsp3) is 0.667. The molecule has 0 saturated heterocycles. The fourth-order valence-corrected chi connectivity index (χ4v) is 2.03. The van der Waals surface area contributed by atoms with Crippen LogP contribution >= 0.6 is 0 Å². The van der Waals surface area contributed by atoms with Crippen LogP contribution in [0.5, 0.6) is 0 Å². The van der Waals surface area contributed by atoms with Crippen molar-refractivity contribution in [3.05, 3.63) is 18.2 Å². The number of aryl methyl sites for hydroxylation is 1. The number of hydrogen-bond acceptors (Lipinski definition) is 4. The van der Waals surface area contributed by atoms with Gasteiger partial charge in [0.1, 0.15) is 0 Å². The first-order chi connectivity index (χ1) is 8.13. The molecule has 0 aromatic carbocycles. The number of aromatic nitrogens is 2. The highest BCUT2D eigenvalue weighted by Gasteiger charge is 2.27. The number of imidazole rings is 1. The van der Waals surface area contributed by atoms with Crippen LogP contribution in [0.25, 0.3) is 0 Å². The molecule has 0 bridgehead atoms. The summed E-state index contributed by atoms with van der Waals surface area (Å²) in [7, 11) is 3.28. The Morgan fingerprint density at radius 1 is 1.65 bits per heavy atom. The first-order valence-electron chi connectivity index (χ1n) is 5.77. The summed E-state index contributed by atoms with van der Waals surface area (Å²) >= 11 is 0. The number of rotatable bonds is 6. The minimum atomic E-state index is -0.264. The van der Waals surface area contributed by atoms with Crippen LogP contribution in [0.1, 0.15) is 19.0 Å². The number of hydrogen-bond donors (Lipinski definition) is 1. The first kappa shape index (κ1) is 13.7. The lowest BCUT2D eigenvalue weighted by Gasteiger charge is -2.22. The van der Waals surface area contributed by atoms with Gasteiger partial charge in [-0.05, 0) is 12.8 Å². The van der Waals surface area contributed by atoms with Gasteiger partial charge in [-0.3, -0.25) is 4.79 Å². The molecule has 0 saturated carbocycles. The average molecular weight is 240 g/mol. The number of carbonyl (C=O) groups is 1. The topological polar surface area (TPSA) is 64.3 Å². The minimum Gasteiger partial charge on any atom is -0.469 e. The Bertz CT molecular complexity index is 362. The van der Waals surface area contributed by atoms with Crippen LogP contribution in [0.2, 0.25) is 0 Å². The van der Waals surface area contributed by atoms with Crippen molar-refractivity contribution in [1.29, 1.82) is 0 Å². The molecule has 1 aromatic rings. The lowest BCUT2D eigenvalue weighted by molar-refractivity contribution is -0.148. The average Bonchev–Trinajstić information content (AvgIpc) is 2.74. The molecule has 0 amide bonds. The zero-order valence-electron chi connectivity index (χ0n) is 10.6. The van der Waals surface area contributed by atoms with Gasteiger partial charge in [-0.2, -0.15) is 0 Å². The largest absolute Gasteiger partial charge is 0.469 e. The van der Waals surface area contributed by atoms with E-state index in [1.807, 2.05) is 18.5 Å². The van der Waals surface area contributed by atoms with Gasteiger partial charge in [0.25, 0.3) is 0 Å². The van der Waals surface area contributed by atoms with Crippen molar-refractivity contribution in [2.45, 2.75) is 19.8 Å². The summed E-state index contributed by atoms with van der Waals surface area (Å²) in [5, 5.41) is 9.42. The predicted molar refractivity (Wildman–Crippen MR) is 63.3 cm³/mol. The van der Waals surface area contributed by atoms with Crippen LogP contribution < -0.4 is 0 Å². The van der Waals surface area contributed by atoms with Crippen LogP contribution in [0, 0.1) is 11.8 Å². The monoisotopic (exact) mass is 240 g/mol. The molecule has 1 heterocycles. The van der Waals surface area contributed by atoms with E-state index in [9.17, 15) is 9.90 Å². The summed E-state index contributed by atoms with van der Waals surface area (Å²) in [5.74, 6) is -0.642. The number of methoxy groups -OCH3 is 1. The molecule has 5 nitrogen and oxygen atoms in total. The molecule has 0 unspecified atom stereocenters. The normalized spacial score (nSPS) is 14.4. The van der Waals surface area contributed by atoms with Crippen LogP contribution in [-0.4, -0.2) is 34.3 Å². The Morgan fingerprint density at radius 2 is 2.35 bits per heavy atom. The van der Waals surface area contributed by atoms with E-state index in [0.29, 0.717) is 12.8 Å². The number of aliphatic hydroxyl groups excluding tert-OH is 1. The first-order valence-corrected chi connectivity index (χ1v) is 5.77. The van der Waals surface area contributed by atoms with Gasteiger partial charge in [-0.25, -0.2) is 4.98 Å². The lowest BCUT2D eigenvalue weighted by atomic mass is 9.87. The standard InChI is InChI=1S/C12H20N2O3/c1-4-11(12(16)17-3)9(7-15)5-10-6-13-8-14(10)2/h6,8-9,11,15H,4-5,7H2,1-3H3/t9-,11-/m0/s1. The third-order valence-electron chi connectivity index (χ3n) is 3.14. The molecule has 0 spiro atoms. The van der Waals surface area contributed by atoms with Crippen molar-refractivity contribution in [3.8, 4) is 0 Å². The van der Waals surface area contributed by atoms with E-state index >= 15 is 0 Å². The van der Waals surface area contributed by atoms with E-state index in [1.54, 1.807) is 12.5 Å². The van der Waals surface area contributed by atoms with Gasteiger partial charge in [0.15, 0.2) is 0 Å². The Morgan fingerprint density at radius 3 is 2.76 bits per heavy atom. The summed E-state index contributed by atoms with van der Waals surface area (Å²) in [6, 6.07) is 0. The second-order valence-electron chi connectivity index (χ2n) is 4.18.